The van der Waals surface area contributed by atoms with E-state index in [2.05, 4.69) is 20.5 Å². The number of carbonyl (C=O) groups is 1. The summed E-state index contributed by atoms with van der Waals surface area (Å²) in [5.41, 5.74) is 2.05. The Balaban J connectivity index is 1.27. The lowest BCUT2D eigenvalue weighted by molar-refractivity contribution is -0.124. The zero-order valence-corrected chi connectivity index (χ0v) is 16.2. The van der Waals surface area contributed by atoms with Crippen LogP contribution in [0.1, 0.15) is 49.9 Å². The average Bonchev–Trinajstić information content (AvgIpc) is 2.94. The van der Waals surface area contributed by atoms with Crippen molar-refractivity contribution < 1.29 is 4.79 Å². The fraction of sp³-hybridized carbons (Fsp3) is 0.684. The quantitative estimate of drug-likeness (QED) is 0.837. The van der Waals surface area contributed by atoms with E-state index in [-0.39, 0.29) is 11.4 Å². The summed E-state index contributed by atoms with van der Waals surface area (Å²) in [5.74, 6) is 3.64. The van der Waals surface area contributed by atoms with Gasteiger partial charge in [-0.25, -0.2) is 4.98 Å². The number of rotatable bonds is 4. The van der Waals surface area contributed by atoms with E-state index in [0.29, 0.717) is 11.5 Å². The summed E-state index contributed by atoms with van der Waals surface area (Å²) in [6, 6.07) is 2.01. The van der Waals surface area contributed by atoms with E-state index < -0.39 is 0 Å². The fourth-order valence-electron chi connectivity index (χ4n) is 6.02. The maximum absolute atomic E-state index is 12.7. The highest BCUT2D eigenvalue weighted by Gasteiger charge is 2.51. The molecule has 0 unspecified atom stereocenters. The molecule has 4 aliphatic carbocycles. The van der Waals surface area contributed by atoms with Gasteiger partial charge < -0.3 is 5.32 Å². The fourth-order valence-corrected chi connectivity index (χ4v) is 6.81. The number of hydrogen-bond acceptors (Lipinski definition) is 5. The number of amides is 1. The second-order valence-electron chi connectivity index (χ2n) is 8.69. The van der Waals surface area contributed by atoms with Crippen LogP contribution >= 0.6 is 11.8 Å². The Morgan fingerprint density at radius 1 is 1.19 bits per heavy atom. The van der Waals surface area contributed by atoms with Crippen LogP contribution in [0.25, 0.3) is 5.78 Å². The average molecular weight is 372 g/mol. The largest absolute Gasteiger partial charge is 0.350 e. The second-order valence-corrected chi connectivity index (χ2v) is 9.63. The first-order chi connectivity index (χ1) is 12.5. The number of aryl methyl sites for hydroxylation is 2. The second kappa shape index (κ2) is 5.94. The van der Waals surface area contributed by atoms with Crippen LogP contribution in [0.5, 0.6) is 0 Å². The van der Waals surface area contributed by atoms with Crippen LogP contribution in [0.2, 0.25) is 0 Å². The predicted octanol–water partition coefficient (Wildman–Crippen LogP) is 2.92. The van der Waals surface area contributed by atoms with Gasteiger partial charge in [-0.15, -0.1) is 10.2 Å². The number of nitrogens with zero attached hydrogens (tertiary/aromatic N) is 4. The SMILES string of the molecule is Cc1cc(C)n2c(SCC(=O)NC34CC5CC(CC(C5)C3)C4)nnc2n1. The van der Waals surface area contributed by atoms with Gasteiger partial charge in [0.2, 0.25) is 5.91 Å². The topological polar surface area (TPSA) is 72.2 Å². The lowest BCUT2D eigenvalue weighted by Crippen LogP contribution is -2.60. The normalized spacial score (nSPS) is 32.3. The number of thioether (sulfide) groups is 1. The summed E-state index contributed by atoms with van der Waals surface area (Å²) >= 11 is 1.45. The van der Waals surface area contributed by atoms with Gasteiger partial charge in [0.05, 0.1) is 5.75 Å². The van der Waals surface area contributed by atoms with E-state index >= 15 is 0 Å². The molecule has 0 aromatic carbocycles. The van der Waals surface area contributed by atoms with E-state index in [1.165, 1.54) is 50.3 Å². The first-order valence-electron chi connectivity index (χ1n) is 9.63. The van der Waals surface area contributed by atoms with Crippen molar-refractivity contribution in [3.63, 3.8) is 0 Å². The number of hydrogen-bond donors (Lipinski definition) is 1. The molecule has 2 heterocycles. The molecule has 2 aromatic heterocycles. The summed E-state index contributed by atoms with van der Waals surface area (Å²) in [6.45, 7) is 3.97. The van der Waals surface area contributed by atoms with Crippen LogP contribution in [0.3, 0.4) is 0 Å². The molecule has 0 saturated heterocycles. The molecule has 0 atom stereocenters. The molecular weight excluding hydrogens is 346 g/mol. The molecule has 4 bridgehead atoms. The van der Waals surface area contributed by atoms with Crippen molar-refractivity contribution in [3.05, 3.63) is 17.5 Å². The molecule has 26 heavy (non-hydrogen) atoms. The highest BCUT2D eigenvalue weighted by Crippen LogP contribution is 2.55. The smallest absolute Gasteiger partial charge is 0.256 e. The lowest BCUT2D eigenvalue weighted by atomic mass is 9.53. The molecular formula is C19H25N5OS. The van der Waals surface area contributed by atoms with Crippen molar-refractivity contribution in [3.8, 4) is 0 Å². The molecule has 4 fully saturated rings. The summed E-state index contributed by atoms with van der Waals surface area (Å²) in [5, 5.41) is 12.5. The third kappa shape index (κ3) is 2.80. The molecule has 0 radical (unpaired) electrons. The molecule has 4 saturated carbocycles. The summed E-state index contributed by atoms with van der Waals surface area (Å²) in [6.07, 6.45) is 7.73. The van der Waals surface area contributed by atoms with Gasteiger partial charge in [-0.3, -0.25) is 9.20 Å². The summed E-state index contributed by atoms with van der Waals surface area (Å²) in [4.78, 5) is 17.1. The van der Waals surface area contributed by atoms with E-state index in [4.69, 9.17) is 0 Å². The van der Waals surface area contributed by atoms with Crippen molar-refractivity contribution in [2.24, 2.45) is 17.8 Å². The zero-order chi connectivity index (χ0) is 17.9. The van der Waals surface area contributed by atoms with E-state index in [1.807, 2.05) is 24.3 Å². The molecule has 0 aliphatic heterocycles. The van der Waals surface area contributed by atoms with E-state index in [0.717, 1.165) is 34.3 Å². The Kier molecular flexibility index (Phi) is 3.78. The molecule has 0 spiro atoms. The molecule has 6 rings (SSSR count). The van der Waals surface area contributed by atoms with Crippen LogP contribution in [-0.4, -0.2) is 36.8 Å². The molecule has 7 heteroatoms. The molecule has 6 nitrogen and oxygen atoms in total. The Bertz CT molecular complexity index is 841. The van der Waals surface area contributed by atoms with Gasteiger partial charge in [-0.2, -0.15) is 0 Å². The van der Waals surface area contributed by atoms with Crippen LogP contribution in [0, 0.1) is 31.6 Å². The molecule has 138 valence electrons. The Morgan fingerprint density at radius 3 is 2.50 bits per heavy atom. The van der Waals surface area contributed by atoms with E-state index in [9.17, 15) is 4.79 Å². The number of fused-ring (bicyclic) bond motifs is 1. The third-order valence-electron chi connectivity index (χ3n) is 6.44. The number of nitrogens with one attached hydrogen (secondary N) is 1. The van der Waals surface area contributed by atoms with Crippen molar-refractivity contribution in [2.45, 2.75) is 63.1 Å². The highest BCUT2D eigenvalue weighted by molar-refractivity contribution is 7.99. The Labute approximate surface area is 157 Å². The summed E-state index contributed by atoms with van der Waals surface area (Å²) in [7, 11) is 0. The van der Waals surface area contributed by atoms with Crippen molar-refractivity contribution in [2.75, 3.05) is 5.75 Å². The maximum atomic E-state index is 12.7. The van der Waals surface area contributed by atoms with E-state index in [1.54, 1.807) is 0 Å². The predicted molar refractivity (Wildman–Crippen MR) is 100 cm³/mol. The molecule has 1 amide bonds. The van der Waals surface area contributed by atoms with Gasteiger partial charge in [0.1, 0.15) is 0 Å². The first-order valence-corrected chi connectivity index (χ1v) is 10.6. The van der Waals surface area contributed by atoms with Gasteiger partial charge in [0, 0.05) is 16.9 Å². The Hall–Kier alpha value is -1.63. The molecule has 1 N–H and O–H groups in total. The van der Waals surface area contributed by atoms with Crippen LogP contribution in [0.15, 0.2) is 11.2 Å². The maximum Gasteiger partial charge on any atom is 0.256 e. The minimum Gasteiger partial charge on any atom is -0.350 e. The van der Waals surface area contributed by atoms with Crippen molar-refractivity contribution in [1.29, 1.82) is 0 Å². The van der Waals surface area contributed by atoms with Gasteiger partial charge in [0.25, 0.3) is 5.78 Å². The first kappa shape index (κ1) is 16.5. The number of carbonyl (C=O) groups excluding carboxylic acids is 1. The van der Waals surface area contributed by atoms with Crippen LogP contribution in [0.4, 0.5) is 0 Å². The van der Waals surface area contributed by atoms with Gasteiger partial charge in [-0.1, -0.05) is 11.8 Å². The standard InChI is InChI=1S/C19H25N5OS/c1-11-3-12(2)24-17(20-11)22-23-18(24)26-10-16(25)21-19-7-13-4-14(8-19)6-15(5-13)9-19/h3,13-15H,4-10H2,1-2H3,(H,21,25). The Morgan fingerprint density at radius 2 is 1.85 bits per heavy atom. The van der Waals surface area contributed by atoms with Crippen LogP contribution in [-0.2, 0) is 4.79 Å². The van der Waals surface area contributed by atoms with Crippen LogP contribution < -0.4 is 5.32 Å². The minimum atomic E-state index is 0.0773. The zero-order valence-electron chi connectivity index (χ0n) is 15.4. The third-order valence-corrected chi connectivity index (χ3v) is 7.37. The van der Waals surface area contributed by atoms with Crippen molar-refractivity contribution >= 4 is 23.4 Å². The summed E-state index contributed by atoms with van der Waals surface area (Å²) < 4.78 is 1.93. The van der Waals surface area contributed by atoms with Gasteiger partial charge in [0.15, 0.2) is 5.16 Å². The highest BCUT2D eigenvalue weighted by atomic mass is 32.2. The lowest BCUT2D eigenvalue weighted by Gasteiger charge is -2.56. The molecule has 2 aromatic rings. The van der Waals surface area contributed by atoms with Gasteiger partial charge in [-0.05, 0) is 76.2 Å². The monoisotopic (exact) mass is 371 g/mol. The molecule has 4 aliphatic rings. The van der Waals surface area contributed by atoms with Crippen molar-refractivity contribution in [1.82, 2.24) is 24.9 Å². The minimum absolute atomic E-state index is 0.0773. The van der Waals surface area contributed by atoms with Gasteiger partial charge >= 0.3 is 0 Å². The number of aromatic nitrogens is 4.